The molecule has 0 radical (unpaired) electrons. The number of anilines is 1. The van der Waals surface area contributed by atoms with Gasteiger partial charge in [-0.15, -0.1) is 0 Å². The Bertz CT molecular complexity index is 439. The van der Waals surface area contributed by atoms with Crippen molar-refractivity contribution in [1.82, 2.24) is 9.97 Å². The van der Waals surface area contributed by atoms with Crippen molar-refractivity contribution in [2.75, 3.05) is 12.5 Å². The highest BCUT2D eigenvalue weighted by Crippen LogP contribution is 2.38. The summed E-state index contributed by atoms with van der Waals surface area (Å²) in [5.74, 6) is 7.33. The van der Waals surface area contributed by atoms with Gasteiger partial charge in [0, 0.05) is 18.9 Å². The summed E-state index contributed by atoms with van der Waals surface area (Å²) in [6, 6.07) is 1.91. The number of nitrogens with zero attached hydrogens (tertiary/aromatic N) is 2. The van der Waals surface area contributed by atoms with Crippen LogP contribution < -0.4 is 11.3 Å². The minimum absolute atomic E-state index is 0.337. The minimum atomic E-state index is -0.354. The molecule has 1 aliphatic rings. The zero-order valence-electron chi connectivity index (χ0n) is 12.8. The Balaban J connectivity index is 2.44. The quantitative estimate of drug-likeness (QED) is 0.503. The zero-order chi connectivity index (χ0) is 14.6. The van der Waals surface area contributed by atoms with Crippen molar-refractivity contribution in [3.8, 4) is 0 Å². The van der Waals surface area contributed by atoms with Crippen LogP contribution in [0.5, 0.6) is 0 Å². The van der Waals surface area contributed by atoms with Crippen molar-refractivity contribution in [1.29, 1.82) is 0 Å². The van der Waals surface area contributed by atoms with E-state index in [0.717, 1.165) is 37.2 Å². The Morgan fingerprint density at radius 1 is 1.20 bits per heavy atom. The molecular formula is C15H26N4O. The van der Waals surface area contributed by atoms with Gasteiger partial charge in [-0.05, 0) is 18.8 Å². The topological polar surface area (TPSA) is 73.1 Å². The summed E-state index contributed by atoms with van der Waals surface area (Å²) in [6.07, 6.45) is 6.81. The van der Waals surface area contributed by atoms with E-state index in [9.17, 15) is 0 Å². The highest BCUT2D eigenvalue weighted by Gasteiger charge is 2.36. The van der Waals surface area contributed by atoms with E-state index in [1.807, 2.05) is 6.07 Å². The van der Waals surface area contributed by atoms with Gasteiger partial charge in [-0.2, -0.15) is 0 Å². The molecule has 0 aromatic carbocycles. The second kappa shape index (κ2) is 6.50. The number of hydrogen-bond donors (Lipinski definition) is 2. The summed E-state index contributed by atoms with van der Waals surface area (Å²) in [5, 5.41) is 0. The number of nitrogens with one attached hydrogen (secondary N) is 1. The Labute approximate surface area is 121 Å². The fourth-order valence-corrected chi connectivity index (χ4v) is 2.86. The maximum Gasteiger partial charge on any atom is 0.162 e. The minimum Gasteiger partial charge on any atom is -0.370 e. The average Bonchev–Trinajstić information content (AvgIpc) is 2.73. The summed E-state index contributed by atoms with van der Waals surface area (Å²) in [7, 11) is 1.77. The number of hydrazine groups is 1. The van der Waals surface area contributed by atoms with Crippen LogP contribution in [0.1, 0.15) is 69.8 Å². The highest BCUT2D eigenvalue weighted by atomic mass is 16.5. The molecule has 0 spiro atoms. The highest BCUT2D eigenvalue weighted by molar-refractivity contribution is 5.36. The van der Waals surface area contributed by atoms with Crippen molar-refractivity contribution in [2.24, 2.45) is 5.84 Å². The van der Waals surface area contributed by atoms with E-state index in [0.29, 0.717) is 11.7 Å². The molecule has 1 aliphatic carbocycles. The fourth-order valence-electron chi connectivity index (χ4n) is 2.86. The van der Waals surface area contributed by atoms with Crippen molar-refractivity contribution >= 4 is 5.82 Å². The monoisotopic (exact) mass is 278 g/mol. The van der Waals surface area contributed by atoms with Gasteiger partial charge in [0.15, 0.2) is 5.82 Å². The second-order valence-electron chi connectivity index (χ2n) is 5.91. The Hall–Kier alpha value is -1.20. The maximum atomic E-state index is 5.89. The summed E-state index contributed by atoms with van der Waals surface area (Å²) in [5.41, 5.74) is 3.30. The first-order valence-corrected chi connectivity index (χ1v) is 7.52. The molecule has 5 nitrogen and oxygen atoms in total. The maximum absolute atomic E-state index is 5.89. The molecule has 3 N–H and O–H groups in total. The molecule has 0 unspecified atom stereocenters. The van der Waals surface area contributed by atoms with Gasteiger partial charge in [0.25, 0.3) is 0 Å². The van der Waals surface area contributed by atoms with E-state index in [2.05, 4.69) is 24.3 Å². The molecule has 112 valence electrons. The average molecular weight is 278 g/mol. The standard InChI is InChI=1S/C15H26N4O/c1-11(2)12-10-13(19-16)18-14(17-12)15(20-3)8-6-4-5-7-9-15/h10-11H,4-9,16H2,1-3H3,(H,17,18,19). The van der Waals surface area contributed by atoms with Crippen molar-refractivity contribution < 1.29 is 4.74 Å². The number of nitrogen functional groups attached to an aromatic ring is 1. The number of rotatable bonds is 4. The lowest BCUT2D eigenvalue weighted by Crippen LogP contribution is -2.31. The van der Waals surface area contributed by atoms with E-state index < -0.39 is 0 Å². The van der Waals surface area contributed by atoms with Gasteiger partial charge in [-0.1, -0.05) is 39.5 Å². The largest absolute Gasteiger partial charge is 0.370 e. The van der Waals surface area contributed by atoms with Crippen LogP contribution in [0.25, 0.3) is 0 Å². The van der Waals surface area contributed by atoms with E-state index in [1.165, 1.54) is 12.8 Å². The summed E-state index contributed by atoms with van der Waals surface area (Å²) < 4.78 is 5.89. The summed E-state index contributed by atoms with van der Waals surface area (Å²) in [4.78, 5) is 9.33. The lowest BCUT2D eigenvalue weighted by Gasteiger charge is -2.30. The smallest absolute Gasteiger partial charge is 0.162 e. The second-order valence-corrected chi connectivity index (χ2v) is 5.91. The van der Waals surface area contributed by atoms with E-state index >= 15 is 0 Å². The lowest BCUT2D eigenvalue weighted by molar-refractivity contribution is -0.0352. The van der Waals surface area contributed by atoms with Crippen LogP contribution in [-0.2, 0) is 10.3 Å². The van der Waals surface area contributed by atoms with Crippen molar-refractivity contribution in [2.45, 2.75) is 63.9 Å². The first-order valence-electron chi connectivity index (χ1n) is 7.52. The van der Waals surface area contributed by atoms with Crippen molar-refractivity contribution in [3.05, 3.63) is 17.6 Å². The van der Waals surface area contributed by atoms with Crippen LogP contribution in [0.2, 0.25) is 0 Å². The third-order valence-corrected chi connectivity index (χ3v) is 4.19. The molecular weight excluding hydrogens is 252 g/mol. The third-order valence-electron chi connectivity index (χ3n) is 4.19. The number of nitrogens with two attached hydrogens (primary N) is 1. The first kappa shape index (κ1) is 15.2. The normalized spacial score (nSPS) is 18.9. The molecule has 2 rings (SSSR count). The van der Waals surface area contributed by atoms with Crippen LogP contribution in [0, 0.1) is 0 Å². The lowest BCUT2D eigenvalue weighted by atomic mass is 9.92. The molecule has 0 atom stereocenters. The molecule has 0 saturated heterocycles. The molecule has 20 heavy (non-hydrogen) atoms. The van der Waals surface area contributed by atoms with Gasteiger partial charge in [-0.25, -0.2) is 15.8 Å². The van der Waals surface area contributed by atoms with Gasteiger partial charge in [0.05, 0.1) is 0 Å². The van der Waals surface area contributed by atoms with Crippen LogP contribution in [0.3, 0.4) is 0 Å². The Morgan fingerprint density at radius 3 is 2.35 bits per heavy atom. The summed E-state index contributed by atoms with van der Waals surface area (Å²) >= 11 is 0. The van der Waals surface area contributed by atoms with E-state index in [4.69, 9.17) is 15.6 Å². The molecule has 0 aliphatic heterocycles. The van der Waals surface area contributed by atoms with Crippen molar-refractivity contribution in [3.63, 3.8) is 0 Å². The SMILES string of the molecule is COC1(c2nc(NN)cc(C(C)C)n2)CCCCCC1. The van der Waals surface area contributed by atoms with E-state index in [1.54, 1.807) is 7.11 Å². The van der Waals surface area contributed by atoms with Gasteiger partial charge in [0.2, 0.25) is 0 Å². The van der Waals surface area contributed by atoms with Crippen LogP contribution in [0.15, 0.2) is 6.07 Å². The van der Waals surface area contributed by atoms with Gasteiger partial charge < -0.3 is 10.2 Å². The summed E-state index contributed by atoms with van der Waals surface area (Å²) in [6.45, 7) is 4.25. The number of hydrogen-bond acceptors (Lipinski definition) is 5. The van der Waals surface area contributed by atoms with Crippen LogP contribution in [0.4, 0.5) is 5.82 Å². The van der Waals surface area contributed by atoms with Gasteiger partial charge in [-0.3, -0.25) is 0 Å². The Kier molecular flexibility index (Phi) is 4.94. The molecule has 1 aromatic heterocycles. The number of methoxy groups -OCH3 is 1. The molecule has 0 bridgehead atoms. The van der Waals surface area contributed by atoms with Crippen LogP contribution >= 0.6 is 0 Å². The molecule has 1 heterocycles. The van der Waals surface area contributed by atoms with Crippen LogP contribution in [-0.4, -0.2) is 17.1 Å². The Morgan fingerprint density at radius 2 is 1.85 bits per heavy atom. The molecule has 1 fully saturated rings. The number of aromatic nitrogens is 2. The predicted molar refractivity (Wildman–Crippen MR) is 80.3 cm³/mol. The first-order chi connectivity index (χ1) is 9.61. The molecule has 1 aromatic rings. The molecule has 0 amide bonds. The fraction of sp³-hybridized carbons (Fsp3) is 0.733. The third kappa shape index (κ3) is 3.10. The van der Waals surface area contributed by atoms with E-state index in [-0.39, 0.29) is 5.60 Å². The predicted octanol–water partition coefficient (Wildman–Crippen LogP) is 3.08. The van der Waals surface area contributed by atoms with Gasteiger partial charge >= 0.3 is 0 Å². The molecule has 1 saturated carbocycles. The zero-order valence-corrected chi connectivity index (χ0v) is 12.8. The van der Waals surface area contributed by atoms with Gasteiger partial charge in [0.1, 0.15) is 11.4 Å². The molecule has 5 heteroatoms. The number of ether oxygens (including phenoxy) is 1.